The van der Waals surface area contributed by atoms with Crippen LogP contribution in [0.2, 0.25) is 0 Å². The molecule has 2 N–H and O–H groups in total. The average molecular weight is 305 g/mol. The molecule has 0 unspecified atom stereocenters. The van der Waals surface area contributed by atoms with Gasteiger partial charge in [-0.3, -0.25) is 14.9 Å². The Labute approximate surface area is 114 Å². The van der Waals surface area contributed by atoms with Gasteiger partial charge in [-0.1, -0.05) is 6.07 Å². The molecule has 0 saturated heterocycles. The second-order valence-electron chi connectivity index (χ2n) is 3.72. The van der Waals surface area contributed by atoms with E-state index in [0.29, 0.717) is 0 Å². The Kier molecular flexibility index (Phi) is 5.11. The highest BCUT2D eigenvalue weighted by molar-refractivity contribution is 7.89. The second kappa shape index (κ2) is 6.39. The number of nitrogens with one attached hydrogen (secondary N) is 2. The number of carbonyl (C=O) groups excluding carboxylic acids is 1. The summed E-state index contributed by atoms with van der Waals surface area (Å²) < 4.78 is 39.1. The van der Waals surface area contributed by atoms with Crippen molar-refractivity contribution in [3.8, 4) is 0 Å². The highest BCUT2D eigenvalue weighted by atomic mass is 32.2. The Morgan fingerprint density at radius 2 is 2.05 bits per heavy atom. The summed E-state index contributed by atoms with van der Waals surface area (Å²) >= 11 is 0. The molecule has 1 rings (SSSR count). The normalized spacial score (nSPS) is 11.1. The third-order valence-corrected chi connectivity index (χ3v) is 3.71. The number of nitro groups is 1. The number of para-hydroxylation sites is 1. The van der Waals surface area contributed by atoms with Gasteiger partial charge in [-0.2, -0.15) is 4.39 Å². The molecule has 0 radical (unpaired) electrons. The lowest BCUT2D eigenvalue weighted by Gasteiger charge is -2.07. The Bertz CT molecular complexity index is 632. The van der Waals surface area contributed by atoms with E-state index in [9.17, 15) is 27.7 Å². The fourth-order valence-electron chi connectivity index (χ4n) is 1.39. The van der Waals surface area contributed by atoms with Crippen LogP contribution in [0.5, 0.6) is 0 Å². The predicted molar refractivity (Wildman–Crippen MR) is 66.9 cm³/mol. The molecular formula is C10H12FN3O5S. The van der Waals surface area contributed by atoms with Gasteiger partial charge in [-0.15, -0.1) is 0 Å². The molecule has 10 heteroatoms. The number of sulfonamides is 1. The van der Waals surface area contributed by atoms with E-state index in [1.54, 1.807) is 0 Å². The molecule has 0 saturated carbocycles. The lowest BCUT2D eigenvalue weighted by atomic mass is 10.3. The number of halogens is 1. The van der Waals surface area contributed by atoms with Crippen LogP contribution in [0.3, 0.4) is 0 Å². The number of nitro benzene ring substituents is 1. The summed E-state index contributed by atoms with van der Waals surface area (Å²) in [6.45, 7) is 1.10. The zero-order chi connectivity index (χ0) is 15.3. The Balaban J connectivity index is 2.96. The highest BCUT2D eigenvalue weighted by Gasteiger charge is 2.28. The minimum absolute atomic E-state index is 0.0116. The Morgan fingerprint density at radius 1 is 1.40 bits per heavy atom. The third kappa shape index (κ3) is 3.96. The van der Waals surface area contributed by atoms with Crippen LogP contribution in [0.25, 0.3) is 0 Å². The first-order chi connectivity index (χ1) is 9.25. The zero-order valence-corrected chi connectivity index (χ0v) is 11.2. The Morgan fingerprint density at radius 3 is 2.60 bits per heavy atom. The fourth-order valence-corrected chi connectivity index (χ4v) is 2.60. The van der Waals surface area contributed by atoms with Crippen molar-refractivity contribution in [2.24, 2.45) is 0 Å². The monoisotopic (exact) mass is 305 g/mol. The summed E-state index contributed by atoms with van der Waals surface area (Å²) in [5.74, 6) is -1.58. The molecule has 0 aromatic heterocycles. The van der Waals surface area contributed by atoms with Crippen molar-refractivity contribution in [2.45, 2.75) is 11.8 Å². The minimum Gasteiger partial charge on any atom is -0.355 e. The number of benzene rings is 1. The van der Waals surface area contributed by atoms with Crippen molar-refractivity contribution in [2.75, 3.05) is 13.1 Å². The van der Waals surface area contributed by atoms with E-state index in [4.69, 9.17) is 0 Å². The van der Waals surface area contributed by atoms with E-state index in [1.165, 1.54) is 6.92 Å². The zero-order valence-electron chi connectivity index (χ0n) is 10.4. The molecule has 110 valence electrons. The first-order valence-corrected chi connectivity index (χ1v) is 6.91. The molecule has 1 aromatic rings. The summed E-state index contributed by atoms with van der Waals surface area (Å²) in [5.41, 5.74) is -1.11. The van der Waals surface area contributed by atoms with Crippen molar-refractivity contribution in [1.82, 2.24) is 10.0 Å². The molecule has 1 amide bonds. The fraction of sp³-hybridized carbons (Fsp3) is 0.300. The highest BCUT2D eigenvalue weighted by Crippen LogP contribution is 2.26. The Hall–Kier alpha value is -2.07. The number of hydrogen-bond donors (Lipinski definition) is 2. The summed E-state index contributed by atoms with van der Waals surface area (Å²) in [7, 11) is -4.24. The van der Waals surface area contributed by atoms with Crippen LogP contribution in [0.15, 0.2) is 23.1 Å². The summed E-state index contributed by atoms with van der Waals surface area (Å²) in [6.07, 6.45) is 0. The third-order valence-electron chi connectivity index (χ3n) is 2.21. The topological polar surface area (TPSA) is 118 Å². The summed E-state index contributed by atoms with van der Waals surface area (Å²) in [4.78, 5) is 19.5. The molecule has 0 aliphatic carbocycles. The van der Waals surface area contributed by atoms with Gasteiger partial charge in [0.15, 0.2) is 4.90 Å². The van der Waals surface area contributed by atoms with E-state index in [2.05, 4.69) is 5.32 Å². The molecule has 0 bridgehead atoms. The van der Waals surface area contributed by atoms with Crippen LogP contribution >= 0.6 is 0 Å². The lowest BCUT2D eigenvalue weighted by molar-refractivity contribution is -0.390. The molecule has 0 aliphatic heterocycles. The van der Waals surface area contributed by atoms with Gasteiger partial charge in [-0.05, 0) is 12.1 Å². The number of nitrogens with zero attached hydrogens (tertiary/aromatic N) is 1. The molecule has 1 aromatic carbocycles. The molecule has 0 fully saturated rings. The summed E-state index contributed by atoms with van der Waals surface area (Å²) in [5, 5.41) is 13.1. The van der Waals surface area contributed by atoms with Gasteiger partial charge in [0.05, 0.1) is 4.92 Å². The van der Waals surface area contributed by atoms with Gasteiger partial charge >= 0.3 is 5.69 Å². The van der Waals surface area contributed by atoms with Gasteiger partial charge in [0.25, 0.3) is 0 Å². The van der Waals surface area contributed by atoms with Crippen LogP contribution in [-0.2, 0) is 14.8 Å². The molecule has 20 heavy (non-hydrogen) atoms. The number of carbonyl (C=O) groups is 1. The molecule has 0 spiro atoms. The van der Waals surface area contributed by atoms with Crippen molar-refractivity contribution in [3.05, 3.63) is 34.1 Å². The van der Waals surface area contributed by atoms with Gasteiger partial charge in [0.2, 0.25) is 21.7 Å². The molecule has 0 heterocycles. The van der Waals surface area contributed by atoms with Gasteiger partial charge in [0.1, 0.15) is 0 Å². The molecule has 8 nitrogen and oxygen atoms in total. The lowest BCUT2D eigenvalue weighted by Crippen LogP contribution is -2.34. The van der Waals surface area contributed by atoms with E-state index in [-0.39, 0.29) is 19.0 Å². The first-order valence-electron chi connectivity index (χ1n) is 5.42. The molecule has 0 aliphatic rings. The first kappa shape index (κ1) is 16.0. The van der Waals surface area contributed by atoms with E-state index in [1.807, 2.05) is 4.72 Å². The number of rotatable bonds is 6. The predicted octanol–water partition coefficient (Wildman–Crippen LogP) is 0.148. The quantitative estimate of drug-likeness (QED) is 0.440. The van der Waals surface area contributed by atoms with Gasteiger partial charge < -0.3 is 5.32 Å². The average Bonchev–Trinajstić information content (AvgIpc) is 2.33. The van der Waals surface area contributed by atoms with E-state index in [0.717, 1.165) is 18.2 Å². The van der Waals surface area contributed by atoms with Gasteiger partial charge in [0, 0.05) is 20.0 Å². The molecule has 0 atom stereocenters. The van der Waals surface area contributed by atoms with Crippen LogP contribution < -0.4 is 10.0 Å². The summed E-state index contributed by atoms with van der Waals surface area (Å²) in [6, 6.07) is 2.79. The maximum absolute atomic E-state index is 13.3. The number of amides is 1. The van der Waals surface area contributed by atoms with E-state index >= 15 is 0 Å². The number of hydrogen-bond acceptors (Lipinski definition) is 5. The SMILES string of the molecule is CC(=O)NCCNS(=O)(=O)c1cccc(F)c1[N+](=O)[O-]. The van der Waals surface area contributed by atoms with Crippen LogP contribution in [0.1, 0.15) is 6.92 Å². The smallest absolute Gasteiger partial charge is 0.324 e. The van der Waals surface area contributed by atoms with Crippen molar-refractivity contribution >= 4 is 21.6 Å². The van der Waals surface area contributed by atoms with Gasteiger partial charge in [-0.25, -0.2) is 13.1 Å². The maximum Gasteiger partial charge on any atom is 0.324 e. The van der Waals surface area contributed by atoms with Crippen LogP contribution in [-0.4, -0.2) is 32.3 Å². The van der Waals surface area contributed by atoms with Crippen molar-refractivity contribution < 1.29 is 22.5 Å². The largest absolute Gasteiger partial charge is 0.355 e. The van der Waals surface area contributed by atoms with Crippen LogP contribution in [0, 0.1) is 15.9 Å². The minimum atomic E-state index is -4.24. The van der Waals surface area contributed by atoms with Crippen molar-refractivity contribution in [3.63, 3.8) is 0 Å². The van der Waals surface area contributed by atoms with Crippen molar-refractivity contribution in [1.29, 1.82) is 0 Å². The maximum atomic E-state index is 13.3. The second-order valence-corrected chi connectivity index (χ2v) is 5.46. The standard InChI is InChI=1S/C10H12FN3O5S/c1-7(15)12-5-6-13-20(18,19)9-4-2-3-8(11)10(9)14(16)17/h2-4,13H,5-6H2,1H3,(H,12,15). The van der Waals surface area contributed by atoms with E-state index < -0.39 is 31.3 Å². The van der Waals surface area contributed by atoms with Crippen LogP contribution in [0.4, 0.5) is 10.1 Å². The molecular weight excluding hydrogens is 293 g/mol.